The molecule has 2 aromatic rings. The molecule has 1 fully saturated rings. The Bertz CT molecular complexity index is 714. The molecule has 1 amide bonds. The molecular weight excluding hydrogens is 309 g/mol. The van der Waals surface area contributed by atoms with Crippen LogP contribution in [0, 0.1) is 19.7 Å². The van der Waals surface area contributed by atoms with E-state index in [0.717, 1.165) is 16.8 Å². The minimum atomic E-state index is -0.547. The second-order valence-electron chi connectivity index (χ2n) is 5.78. The predicted octanol–water partition coefficient (Wildman–Crippen LogP) is 1.80. The number of para-hydroxylation sites is 1. The fourth-order valence-corrected chi connectivity index (χ4v) is 2.64. The summed E-state index contributed by atoms with van der Waals surface area (Å²) in [7, 11) is 0. The summed E-state index contributed by atoms with van der Waals surface area (Å²) in [6.45, 7) is 3.91. The second-order valence-corrected chi connectivity index (χ2v) is 5.78. The number of nitrogens with one attached hydrogen (secondary N) is 5. The molecule has 0 radical (unpaired) electrons. The van der Waals surface area contributed by atoms with Crippen molar-refractivity contribution in [3.8, 4) is 0 Å². The molecule has 1 heterocycles. The molecule has 2 atom stereocenters. The standard InChI is InChI=1S/C17H20FN5O/c1-10-4-3-5-11(2)14(10)20-17(24)15-16(22-23-21-15)19-13-8-6-12(18)7-9-13/h3-9,15-16,19,21-23H,1-2H3,(H,20,24). The molecule has 2 unspecified atom stereocenters. The number of hydrogen-bond acceptors (Lipinski definition) is 5. The van der Waals surface area contributed by atoms with E-state index in [1.54, 1.807) is 12.1 Å². The summed E-state index contributed by atoms with van der Waals surface area (Å²) in [5.41, 5.74) is 12.1. The van der Waals surface area contributed by atoms with Gasteiger partial charge in [0.2, 0.25) is 5.91 Å². The number of halogens is 1. The van der Waals surface area contributed by atoms with Crippen LogP contribution in [0.3, 0.4) is 0 Å². The molecule has 5 N–H and O–H groups in total. The van der Waals surface area contributed by atoms with E-state index in [1.165, 1.54) is 12.1 Å². The van der Waals surface area contributed by atoms with Gasteiger partial charge < -0.3 is 10.6 Å². The monoisotopic (exact) mass is 329 g/mol. The zero-order valence-corrected chi connectivity index (χ0v) is 13.5. The summed E-state index contributed by atoms with van der Waals surface area (Å²) >= 11 is 0. The normalized spacial score (nSPS) is 20.0. The van der Waals surface area contributed by atoms with Gasteiger partial charge in [-0.25, -0.2) is 15.2 Å². The van der Waals surface area contributed by atoms with Crippen LogP contribution in [-0.2, 0) is 4.79 Å². The van der Waals surface area contributed by atoms with Crippen LogP contribution in [0.25, 0.3) is 0 Å². The topological polar surface area (TPSA) is 77.2 Å². The summed E-state index contributed by atoms with van der Waals surface area (Å²) < 4.78 is 13.0. The number of anilines is 2. The summed E-state index contributed by atoms with van der Waals surface area (Å²) in [4.78, 5) is 12.6. The fourth-order valence-electron chi connectivity index (χ4n) is 2.64. The van der Waals surface area contributed by atoms with Gasteiger partial charge in [-0.2, -0.15) is 5.53 Å². The van der Waals surface area contributed by atoms with Gasteiger partial charge in [-0.3, -0.25) is 4.79 Å². The molecule has 0 saturated carbocycles. The van der Waals surface area contributed by atoms with Crippen LogP contribution in [0.5, 0.6) is 0 Å². The van der Waals surface area contributed by atoms with Crippen molar-refractivity contribution in [3.05, 3.63) is 59.4 Å². The highest BCUT2D eigenvalue weighted by molar-refractivity contribution is 5.97. The van der Waals surface area contributed by atoms with E-state index < -0.39 is 6.04 Å². The maximum atomic E-state index is 13.0. The molecule has 7 heteroatoms. The molecular formula is C17H20FN5O. The Kier molecular flexibility index (Phi) is 4.75. The molecule has 1 saturated heterocycles. The first-order valence-corrected chi connectivity index (χ1v) is 7.70. The number of carbonyl (C=O) groups is 1. The Hall–Kier alpha value is -2.48. The third-order valence-corrected chi connectivity index (χ3v) is 3.97. The Balaban J connectivity index is 1.70. The minimum Gasteiger partial charge on any atom is -0.367 e. The molecule has 24 heavy (non-hydrogen) atoms. The molecule has 0 aromatic heterocycles. The third kappa shape index (κ3) is 3.53. The van der Waals surface area contributed by atoms with Crippen molar-refractivity contribution < 1.29 is 9.18 Å². The lowest BCUT2D eigenvalue weighted by Crippen LogP contribution is -2.48. The zero-order valence-electron chi connectivity index (χ0n) is 13.5. The van der Waals surface area contributed by atoms with Crippen LogP contribution in [0.4, 0.5) is 15.8 Å². The Morgan fingerprint density at radius 3 is 2.38 bits per heavy atom. The molecule has 0 aliphatic carbocycles. The van der Waals surface area contributed by atoms with Crippen molar-refractivity contribution in [2.75, 3.05) is 10.6 Å². The first-order valence-electron chi connectivity index (χ1n) is 7.70. The van der Waals surface area contributed by atoms with Crippen molar-refractivity contribution in [1.82, 2.24) is 16.4 Å². The van der Waals surface area contributed by atoms with Crippen LogP contribution in [-0.4, -0.2) is 18.1 Å². The van der Waals surface area contributed by atoms with Gasteiger partial charge in [0, 0.05) is 11.4 Å². The summed E-state index contributed by atoms with van der Waals surface area (Å²) in [6, 6.07) is 11.3. The van der Waals surface area contributed by atoms with Gasteiger partial charge in [-0.05, 0) is 49.2 Å². The molecule has 2 aromatic carbocycles. The summed E-state index contributed by atoms with van der Waals surface area (Å²) in [5, 5.41) is 6.11. The van der Waals surface area contributed by atoms with E-state index >= 15 is 0 Å². The first kappa shape index (κ1) is 16.4. The maximum Gasteiger partial charge on any atom is 0.246 e. The number of rotatable bonds is 4. The van der Waals surface area contributed by atoms with Crippen molar-refractivity contribution in [1.29, 1.82) is 0 Å². The summed E-state index contributed by atoms with van der Waals surface area (Å²) in [6.07, 6.45) is -0.389. The zero-order chi connectivity index (χ0) is 17.1. The van der Waals surface area contributed by atoms with Gasteiger partial charge in [-0.1, -0.05) is 18.2 Å². The van der Waals surface area contributed by atoms with E-state index in [1.807, 2.05) is 32.0 Å². The first-order chi connectivity index (χ1) is 11.5. The minimum absolute atomic E-state index is 0.176. The van der Waals surface area contributed by atoms with E-state index in [4.69, 9.17) is 0 Å². The van der Waals surface area contributed by atoms with Crippen molar-refractivity contribution in [2.45, 2.75) is 26.1 Å². The highest BCUT2D eigenvalue weighted by Crippen LogP contribution is 2.20. The summed E-state index contributed by atoms with van der Waals surface area (Å²) in [5.74, 6) is -0.481. The number of amides is 1. The van der Waals surface area contributed by atoms with Gasteiger partial charge in [-0.15, -0.1) is 0 Å². The van der Waals surface area contributed by atoms with Crippen molar-refractivity contribution in [2.24, 2.45) is 0 Å². The van der Waals surface area contributed by atoms with Crippen LogP contribution < -0.4 is 27.0 Å². The van der Waals surface area contributed by atoms with Gasteiger partial charge in [0.1, 0.15) is 18.0 Å². The molecule has 3 rings (SSSR count). The van der Waals surface area contributed by atoms with E-state index in [0.29, 0.717) is 5.69 Å². The van der Waals surface area contributed by atoms with E-state index in [9.17, 15) is 9.18 Å². The predicted molar refractivity (Wildman–Crippen MR) is 91.6 cm³/mol. The molecule has 126 valence electrons. The van der Waals surface area contributed by atoms with E-state index in [-0.39, 0.29) is 17.9 Å². The van der Waals surface area contributed by atoms with Crippen molar-refractivity contribution in [3.63, 3.8) is 0 Å². The second kappa shape index (κ2) is 6.96. The van der Waals surface area contributed by atoms with Gasteiger partial charge >= 0.3 is 0 Å². The Morgan fingerprint density at radius 1 is 1.04 bits per heavy atom. The maximum absolute atomic E-state index is 13.0. The number of hydrazine groups is 2. The van der Waals surface area contributed by atoms with Crippen LogP contribution >= 0.6 is 0 Å². The number of aryl methyl sites for hydroxylation is 2. The SMILES string of the molecule is Cc1cccc(C)c1NC(=O)C1NNNC1Nc1ccc(F)cc1. The number of carbonyl (C=O) groups excluding carboxylic acids is 1. The van der Waals surface area contributed by atoms with Crippen molar-refractivity contribution >= 4 is 17.3 Å². The lowest BCUT2D eigenvalue weighted by molar-refractivity contribution is -0.118. The largest absolute Gasteiger partial charge is 0.367 e. The number of hydrogen-bond donors (Lipinski definition) is 5. The molecule has 1 aliphatic heterocycles. The fraction of sp³-hybridized carbons (Fsp3) is 0.235. The van der Waals surface area contributed by atoms with Crippen LogP contribution in [0.1, 0.15) is 11.1 Å². The Morgan fingerprint density at radius 2 is 1.71 bits per heavy atom. The van der Waals surface area contributed by atoms with Crippen LogP contribution in [0.15, 0.2) is 42.5 Å². The molecule has 0 spiro atoms. The lowest BCUT2D eigenvalue weighted by Gasteiger charge is -2.21. The quantitative estimate of drug-likeness (QED) is 0.591. The third-order valence-electron chi connectivity index (χ3n) is 3.97. The van der Waals surface area contributed by atoms with Gasteiger partial charge in [0.05, 0.1) is 0 Å². The van der Waals surface area contributed by atoms with E-state index in [2.05, 4.69) is 27.0 Å². The highest BCUT2D eigenvalue weighted by Gasteiger charge is 2.33. The smallest absolute Gasteiger partial charge is 0.246 e. The van der Waals surface area contributed by atoms with Crippen LogP contribution in [0.2, 0.25) is 0 Å². The van der Waals surface area contributed by atoms with Gasteiger partial charge in [0.25, 0.3) is 0 Å². The average molecular weight is 329 g/mol. The molecule has 0 bridgehead atoms. The highest BCUT2D eigenvalue weighted by atomic mass is 19.1. The lowest BCUT2D eigenvalue weighted by atomic mass is 10.1. The van der Waals surface area contributed by atoms with Gasteiger partial charge in [0.15, 0.2) is 0 Å². The average Bonchev–Trinajstić information content (AvgIpc) is 3.01. The Labute approximate surface area is 139 Å². The molecule has 6 nitrogen and oxygen atoms in total. The molecule has 1 aliphatic rings. The number of benzene rings is 2.